The highest BCUT2D eigenvalue weighted by atomic mass is 32.1. The van der Waals surface area contributed by atoms with Crippen LogP contribution in [0.4, 0.5) is 0 Å². The number of rotatable bonds is 3. The molecule has 0 bridgehead atoms. The van der Waals surface area contributed by atoms with Gasteiger partial charge in [0.05, 0.1) is 7.11 Å². The molecule has 2 heterocycles. The summed E-state index contributed by atoms with van der Waals surface area (Å²) >= 11 is 1.45. The average Bonchev–Trinajstić information content (AvgIpc) is 2.86. The molecule has 0 aromatic carbocycles. The van der Waals surface area contributed by atoms with Crippen LogP contribution in [0.15, 0.2) is 11.4 Å². The van der Waals surface area contributed by atoms with Crippen molar-refractivity contribution in [2.45, 2.75) is 19.9 Å². The van der Waals surface area contributed by atoms with E-state index in [2.05, 4.69) is 19.2 Å². The number of piperazine rings is 1. The highest BCUT2D eigenvalue weighted by Crippen LogP contribution is 2.27. The van der Waals surface area contributed by atoms with Crippen molar-refractivity contribution in [1.82, 2.24) is 10.2 Å². The zero-order valence-corrected chi connectivity index (χ0v) is 11.9. The van der Waals surface area contributed by atoms with Crippen LogP contribution >= 0.6 is 11.3 Å². The van der Waals surface area contributed by atoms with E-state index in [1.165, 1.54) is 11.3 Å². The maximum atomic E-state index is 12.6. The Labute approximate surface area is 112 Å². The fraction of sp³-hybridized carbons (Fsp3) is 0.615. The van der Waals surface area contributed by atoms with Crippen LogP contribution in [0.25, 0.3) is 0 Å². The minimum Gasteiger partial charge on any atom is -0.495 e. The summed E-state index contributed by atoms with van der Waals surface area (Å²) in [4.78, 5) is 15.3. The number of ether oxygens (including phenoxy) is 1. The summed E-state index contributed by atoms with van der Waals surface area (Å²) in [5.74, 6) is 1.24. The van der Waals surface area contributed by atoms with Gasteiger partial charge in [0.2, 0.25) is 0 Å². The van der Waals surface area contributed by atoms with Crippen LogP contribution in [0.3, 0.4) is 0 Å². The van der Waals surface area contributed by atoms with Gasteiger partial charge in [0.25, 0.3) is 5.91 Å². The Hall–Kier alpha value is -1.07. The Morgan fingerprint density at radius 1 is 1.61 bits per heavy atom. The predicted molar refractivity (Wildman–Crippen MR) is 73.4 cm³/mol. The minimum absolute atomic E-state index is 0.0991. The van der Waals surface area contributed by atoms with Crippen LogP contribution in [0.2, 0.25) is 0 Å². The third kappa shape index (κ3) is 2.52. The van der Waals surface area contributed by atoms with Gasteiger partial charge in [0.1, 0.15) is 10.6 Å². The first kappa shape index (κ1) is 13.4. The predicted octanol–water partition coefficient (Wildman–Crippen LogP) is 1.83. The van der Waals surface area contributed by atoms with Gasteiger partial charge in [-0.15, -0.1) is 11.3 Å². The molecule has 100 valence electrons. The van der Waals surface area contributed by atoms with E-state index in [4.69, 9.17) is 4.74 Å². The molecule has 0 saturated carbocycles. The van der Waals surface area contributed by atoms with E-state index in [1.807, 2.05) is 16.3 Å². The molecule has 1 saturated heterocycles. The van der Waals surface area contributed by atoms with Gasteiger partial charge < -0.3 is 15.0 Å². The molecule has 1 aromatic rings. The minimum atomic E-state index is 0.0991. The normalized spacial score (nSPS) is 20.2. The molecule has 0 aliphatic carbocycles. The summed E-state index contributed by atoms with van der Waals surface area (Å²) in [6, 6.07) is 2.11. The first-order valence-electron chi connectivity index (χ1n) is 6.28. The Bertz CT molecular complexity index is 417. The van der Waals surface area contributed by atoms with E-state index in [1.54, 1.807) is 7.11 Å². The quantitative estimate of drug-likeness (QED) is 0.909. The van der Waals surface area contributed by atoms with Gasteiger partial charge in [-0.05, 0) is 17.4 Å². The zero-order chi connectivity index (χ0) is 13.1. The molecule has 1 aliphatic rings. The molecule has 0 radical (unpaired) electrons. The second-order valence-corrected chi connectivity index (χ2v) is 5.75. The number of methoxy groups -OCH3 is 1. The van der Waals surface area contributed by atoms with E-state index in [9.17, 15) is 4.79 Å². The molecular weight excluding hydrogens is 248 g/mol. The van der Waals surface area contributed by atoms with E-state index in [-0.39, 0.29) is 11.9 Å². The van der Waals surface area contributed by atoms with Crippen molar-refractivity contribution in [2.75, 3.05) is 26.7 Å². The molecule has 1 aromatic heterocycles. The molecule has 1 atom stereocenters. The molecule has 2 rings (SSSR count). The Kier molecular flexibility index (Phi) is 4.24. The lowest BCUT2D eigenvalue weighted by Gasteiger charge is -2.38. The summed E-state index contributed by atoms with van der Waals surface area (Å²) in [5.41, 5.74) is 0. The molecule has 1 amide bonds. The number of nitrogens with one attached hydrogen (secondary N) is 1. The van der Waals surface area contributed by atoms with Crippen LogP contribution in [0, 0.1) is 5.92 Å². The van der Waals surface area contributed by atoms with Gasteiger partial charge >= 0.3 is 0 Å². The van der Waals surface area contributed by atoms with E-state index < -0.39 is 0 Å². The molecule has 1 N–H and O–H groups in total. The van der Waals surface area contributed by atoms with E-state index >= 15 is 0 Å². The summed E-state index contributed by atoms with van der Waals surface area (Å²) in [6.07, 6.45) is 0. The topological polar surface area (TPSA) is 41.6 Å². The van der Waals surface area contributed by atoms with Crippen LogP contribution in [0.5, 0.6) is 5.75 Å². The SMILES string of the molecule is COc1ccsc1C(=O)N1CCNCC1C(C)C. The van der Waals surface area contributed by atoms with Crippen molar-refractivity contribution in [3.8, 4) is 5.75 Å². The van der Waals surface area contributed by atoms with Crippen LogP contribution < -0.4 is 10.1 Å². The van der Waals surface area contributed by atoms with Crippen molar-refractivity contribution < 1.29 is 9.53 Å². The van der Waals surface area contributed by atoms with Gasteiger partial charge in [-0.1, -0.05) is 13.8 Å². The highest BCUT2D eigenvalue weighted by molar-refractivity contribution is 7.12. The van der Waals surface area contributed by atoms with Gasteiger partial charge in [-0.25, -0.2) is 0 Å². The summed E-state index contributed by atoms with van der Waals surface area (Å²) in [5, 5.41) is 5.25. The molecule has 1 aliphatic heterocycles. The number of carbonyl (C=O) groups is 1. The summed E-state index contributed by atoms with van der Waals surface area (Å²) in [6.45, 7) is 6.82. The van der Waals surface area contributed by atoms with Gasteiger partial charge in [0.15, 0.2) is 0 Å². The third-order valence-electron chi connectivity index (χ3n) is 3.36. The Morgan fingerprint density at radius 3 is 3.06 bits per heavy atom. The molecule has 1 unspecified atom stereocenters. The highest BCUT2D eigenvalue weighted by Gasteiger charge is 2.31. The smallest absolute Gasteiger partial charge is 0.268 e. The second kappa shape index (κ2) is 5.71. The molecule has 1 fully saturated rings. The van der Waals surface area contributed by atoms with Gasteiger partial charge in [-0.3, -0.25) is 4.79 Å². The van der Waals surface area contributed by atoms with Crippen LogP contribution in [-0.2, 0) is 0 Å². The second-order valence-electron chi connectivity index (χ2n) is 4.83. The first-order chi connectivity index (χ1) is 8.65. The Balaban J connectivity index is 2.21. The van der Waals surface area contributed by atoms with E-state index in [0.29, 0.717) is 16.5 Å². The molecular formula is C13H20N2O2S. The molecule has 5 heteroatoms. The van der Waals surface area contributed by atoms with Crippen LogP contribution in [-0.4, -0.2) is 43.6 Å². The summed E-state index contributed by atoms with van der Waals surface area (Å²) in [7, 11) is 1.61. The van der Waals surface area contributed by atoms with Crippen molar-refractivity contribution in [1.29, 1.82) is 0 Å². The van der Waals surface area contributed by atoms with Gasteiger partial charge in [0, 0.05) is 25.7 Å². The van der Waals surface area contributed by atoms with Crippen molar-refractivity contribution in [2.24, 2.45) is 5.92 Å². The lowest BCUT2D eigenvalue weighted by Crippen LogP contribution is -2.55. The van der Waals surface area contributed by atoms with E-state index in [0.717, 1.165) is 19.6 Å². The number of thiophene rings is 1. The number of nitrogens with zero attached hydrogens (tertiary/aromatic N) is 1. The standard InChI is InChI=1S/C13H20N2O2S/c1-9(2)10-8-14-5-6-15(10)13(16)12-11(17-3)4-7-18-12/h4,7,9-10,14H,5-6,8H2,1-3H3. The molecule has 18 heavy (non-hydrogen) atoms. The zero-order valence-electron chi connectivity index (χ0n) is 11.1. The summed E-state index contributed by atoms with van der Waals surface area (Å²) < 4.78 is 5.24. The fourth-order valence-corrected chi connectivity index (χ4v) is 3.13. The first-order valence-corrected chi connectivity index (χ1v) is 7.16. The lowest BCUT2D eigenvalue weighted by molar-refractivity contribution is 0.0575. The lowest BCUT2D eigenvalue weighted by atomic mass is 10.0. The van der Waals surface area contributed by atoms with Crippen molar-refractivity contribution in [3.05, 3.63) is 16.3 Å². The Morgan fingerprint density at radius 2 is 2.39 bits per heavy atom. The number of hydrogen-bond donors (Lipinski definition) is 1. The maximum Gasteiger partial charge on any atom is 0.268 e. The van der Waals surface area contributed by atoms with Crippen molar-refractivity contribution >= 4 is 17.2 Å². The number of hydrogen-bond acceptors (Lipinski definition) is 4. The monoisotopic (exact) mass is 268 g/mol. The van der Waals surface area contributed by atoms with Crippen molar-refractivity contribution in [3.63, 3.8) is 0 Å². The maximum absolute atomic E-state index is 12.6. The largest absolute Gasteiger partial charge is 0.495 e. The molecule has 0 spiro atoms. The number of carbonyl (C=O) groups excluding carboxylic acids is 1. The third-order valence-corrected chi connectivity index (χ3v) is 4.24. The fourth-order valence-electron chi connectivity index (χ4n) is 2.32. The number of amides is 1. The van der Waals surface area contributed by atoms with Gasteiger partial charge in [-0.2, -0.15) is 0 Å². The van der Waals surface area contributed by atoms with Crippen LogP contribution in [0.1, 0.15) is 23.5 Å². The average molecular weight is 268 g/mol. The molecule has 4 nitrogen and oxygen atoms in total.